The Kier molecular flexibility index (Phi) is 6.84. The molecule has 33 heavy (non-hydrogen) atoms. The summed E-state index contributed by atoms with van der Waals surface area (Å²) in [5.74, 6) is 0.755. The van der Waals surface area contributed by atoms with Gasteiger partial charge < -0.3 is 14.5 Å². The molecule has 0 bridgehead atoms. The molecule has 0 saturated carbocycles. The molecule has 1 unspecified atom stereocenters. The Morgan fingerprint density at radius 1 is 1.33 bits per heavy atom. The summed E-state index contributed by atoms with van der Waals surface area (Å²) in [6, 6.07) is 13.2. The summed E-state index contributed by atoms with van der Waals surface area (Å²) < 4.78 is 10.9. The first-order chi connectivity index (χ1) is 16.0. The average molecular weight is 468 g/mol. The fourth-order valence-electron chi connectivity index (χ4n) is 4.12. The van der Waals surface area contributed by atoms with Gasteiger partial charge in [-0.25, -0.2) is 4.79 Å². The molecule has 1 aliphatic rings. The van der Waals surface area contributed by atoms with Crippen molar-refractivity contribution in [1.29, 1.82) is 0 Å². The van der Waals surface area contributed by atoms with Crippen LogP contribution < -0.4 is 4.74 Å². The Balaban J connectivity index is 1.63. The smallest absolute Gasteiger partial charge is 0.410 e. The van der Waals surface area contributed by atoms with Crippen LogP contribution in [0.2, 0.25) is 5.02 Å². The van der Waals surface area contributed by atoms with E-state index in [0.29, 0.717) is 24.5 Å². The number of aliphatic imine (C=N–C) groups is 1. The largest absolute Gasteiger partial charge is 0.497 e. The lowest BCUT2D eigenvalue weighted by Crippen LogP contribution is -2.41. The number of aromatic nitrogens is 1. The number of benzene rings is 2. The maximum absolute atomic E-state index is 13.1. The number of hydrogen-bond donors (Lipinski definition) is 1. The second-order valence-corrected chi connectivity index (χ2v) is 8.17. The minimum atomic E-state index is -0.377. The van der Waals surface area contributed by atoms with E-state index in [9.17, 15) is 4.79 Å². The molecule has 172 valence electrons. The van der Waals surface area contributed by atoms with Crippen LogP contribution in [0.1, 0.15) is 22.9 Å². The topological polar surface area (TPSA) is 82.5 Å². The van der Waals surface area contributed by atoms with Crippen molar-refractivity contribution in [2.75, 3.05) is 33.9 Å². The van der Waals surface area contributed by atoms with Gasteiger partial charge in [-0.3, -0.25) is 14.9 Å². The number of aromatic amines is 1. The fraction of sp³-hybridized carbons (Fsp3) is 0.292. The van der Waals surface area contributed by atoms with E-state index in [1.165, 1.54) is 11.9 Å². The minimum Gasteiger partial charge on any atom is -0.497 e. The van der Waals surface area contributed by atoms with Crippen LogP contribution in [0.15, 0.2) is 52.6 Å². The Morgan fingerprint density at radius 3 is 2.85 bits per heavy atom. The Hall–Kier alpha value is -3.52. The molecule has 9 heteroatoms. The van der Waals surface area contributed by atoms with Crippen molar-refractivity contribution in [2.24, 2.45) is 10.1 Å². The van der Waals surface area contributed by atoms with Crippen molar-refractivity contribution in [3.63, 3.8) is 0 Å². The number of amides is 1. The van der Waals surface area contributed by atoms with Gasteiger partial charge in [-0.1, -0.05) is 23.7 Å². The lowest BCUT2D eigenvalue weighted by Gasteiger charge is -2.35. The maximum atomic E-state index is 13.1. The van der Waals surface area contributed by atoms with Gasteiger partial charge in [0.05, 0.1) is 13.7 Å². The number of likely N-dealkylation sites (N-methyl/N-ethyl adjacent to an activating group) is 1. The van der Waals surface area contributed by atoms with Crippen LogP contribution in [0.3, 0.4) is 0 Å². The Labute approximate surface area is 197 Å². The molecule has 0 saturated heterocycles. The van der Waals surface area contributed by atoms with Crippen LogP contribution in [0.4, 0.5) is 4.79 Å². The number of H-pyrrole nitrogens is 1. The first-order valence-electron chi connectivity index (χ1n) is 10.6. The van der Waals surface area contributed by atoms with Crippen LogP contribution in [0, 0.1) is 0 Å². The van der Waals surface area contributed by atoms with Gasteiger partial charge in [-0.2, -0.15) is 5.10 Å². The Morgan fingerprint density at radius 2 is 2.12 bits per heavy atom. The van der Waals surface area contributed by atoms with E-state index < -0.39 is 0 Å². The number of hydrogen-bond acceptors (Lipinski definition) is 5. The molecule has 0 radical (unpaired) electrons. The number of halogens is 1. The molecular formula is C24H26ClN5O3. The van der Waals surface area contributed by atoms with Gasteiger partial charge in [0.1, 0.15) is 24.7 Å². The van der Waals surface area contributed by atoms with E-state index >= 15 is 0 Å². The summed E-state index contributed by atoms with van der Waals surface area (Å²) >= 11 is 6.26. The number of rotatable bonds is 7. The third-order valence-electron chi connectivity index (χ3n) is 5.73. The normalized spacial score (nSPS) is 15.5. The van der Waals surface area contributed by atoms with Gasteiger partial charge in [0, 0.05) is 35.2 Å². The highest BCUT2D eigenvalue weighted by atomic mass is 35.5. The molecule has 2 heterocycles. The van der Waals surface area contributed by atoms with Crippen molar-refractivity contribution in [1.82, 2.24) is 14.9 Å². The molecular weight excluding hydrogens is 442 g/mol. The predicted octanol–water partition coefficient (Wildman–Crippen LogP) is 4.49. The van der Waals surface area contributed by atoms with Crippen molar-refractivity contribution in [2.45, 2.75) is 12.5 Å². The van der Waals surface area contributed by atoms with Crippen LogP contribution in [-0.4, -0.2) is 67.9 Å². The SMILES string of the molecule is C=N/C=N\N(C)CCOC(=O)N1CCc2c([nH]c3ccc(Cl)cc23)C1c1ccc(OC)cc1. The average Bonchev–Trinajstić information content (AvgIpc) is 3.20. The number of carbonyl (C=O) groups is 1. The number of carbonyl (C=O) groups excluding carboxylic acids is 1. The molecule has 4 rings (SSSR count). The number of nitrogens with one attached hydrogen (secondary N) is 1. The third-order valence-corrected chi connectivity index (χ3v) is 5.96. The van der Waals surface area contributed by atoms with Gasteiger partial charge in [0.25, 0.3) is 0 Å². The summed E-state index contributed by atoms with van der Waals surface area (Å²) in [6.07, 6.45) is 1.67. The van der Waals surface area contributed by atoms with E-state index in [2.05, 4.69) is 21.8 Å². The molecule has 8 nitrogen and oxygen atoms in total. The molecule has 1 N–H and O–H groups in total. The van der Waals surface area contributed by atoms with Crippen molar-refractivity contribution >= 4 is 41.7 Å². The zero-order valence-electron chi connectivity index (χ0n) is 18.6. The number of nitrogens with zero attached hydrogens (tertiary/aromatic N) is 4. The molecule has 2 aromatic carbocycles. The predicted molar refractivity (Wildman–Crippen MR) is 131 cm³/mol. The standard InChI is InChI=1S/C24H26ClN5O3/c1-26-15-27-29(2)12-13-33-24(31)30-11-10-19-20-14-17(25)6-9-21(20)28-22(19)23(30)16-4-7-18(32-3)8-5-16/h4-9,14-15,23,28H,1,10-13H2,2-3H3/b27-15-. The van der Waals surface area contributed by atoms with Gasteiger partial charge in [-0.15, -0.1) is 0 Å². The molecule has 3 aromatic rings. The lowest BCUT2D eigenvalue weighted by molar-refractivity contribution is 0.0818. The van der Waals surface area contributed by atoms with E-state index in [4.69, 9.17) is 21.1 Å². The molecule has 1 amide bonds. The van der Waals surface area contributed by atoms with Crippen molar-refractivity contribution in [3.05, 3.63) is 64.3 Å². The fourth-order valence-corrected chi connectivity index (χ4v) is 4.29. The highest BCUT2D eigenvalue weighted by Crippen LogP contribution is 2.39. The second-order valence-electron chi connectivity index (χ2n) is 7.74. The molecule has 1 aliphatic heterocycles. The summed E-state index contributed by atoms with van der Waals surface area (Å²) in [5, 5.41) is 7.44. The van der Waals surface area contributed by atoms with E-state index in [1.807, 2.05) is 42.5 Å². The molecule has 0 spiro atoms. The zero-order chi connectivity index (χ0) is 23.4. The summed E-state index contributed by atoms with van der Waals surface area (Å²) in [4.78, 5) is 22.0. The molecule has 1 atom stereocenters. The van der Waals surface area contributed by atoms with Gasteiger partial charge in [0.15, 0.2) is 0 Å². The summed E-state index contributed by atoms with van der Waals surface area (Å²) in [7, 11) is 3.41. The minimum absolute atomic E-state index is 0.199. The first kappa shape index (κ1) is 22.7. The Bertz CT molecular complexity index is 1170. The zero-order valence-corrected chi connectivity index (χ0v) is 19.4. The third kappa shape index (κ3) is 4.80. The van der Waals surface area contributed by atoms with Gasteiger partial charge >= 0.3 is 6.09 Å². The number of methoxy groups -OCH3 is 1. The number of ether oxygens (including phenoxy) is 2. The van der Waals surface area contributed by atoms with E-state index in [0.717, 1.165) is 27.9 Å². The number of fused-ring (bicyclic) bond motifs is 3. The lowest BCUT2D eigenvalue weighted by atomic mass is 9.92. The van der Waals surface area contributed by atoms with Crippen molar-refractivity contribution < 1.29 is 14.3 Å². The van der Waals surface area contributed by atoms with E-state index in [1.54, 1.807) is 24.1 Å². The first-order valence-corrected chi connectivity index (χ1v) is 11.0. The molecule has 0 fully saturated rings. The maximum Gasteiger partial charge on any atom is 0.410 e. The highest BCUT2D eigenvalue weighted by Gasteiger charge is 2.35. The quantitative estimate of drug-likeness (QED) is 0.315. The van der Waals surface area contributed by atoms with Crippen molar-refractivity contribution in [3.8, 4) is 5.75 Å². The van der Waals surface area contributed by atoms with Crippen LogP contribution in [-0.2, 0) is 11.2 Å². The van der Waals surface area contributed by atoms with Crippen LogP contribution in [0.5, 0.6) is 5.75 Å². The van der Waals surface area contributed by atoms with E-state index in [-0.39, 0.29) is 18.7 Å². The van der Waals surface area contributed by atoms with Gasteiger partial charge in [-0.05, 0) is 54.6 Å². The second kappa shape index (κ2) is 9.95. The van der Waals surface area contributed by atoms with Crippen LogP contribution in [0.25, 0.3) is 10.9 Å². The highest BCUT2D eigenvalue weighted by molar-refractivity contribution is 6.31. The molecule has 1 aromatic heterocycles. The molecule has 0 aliphatic carbocycles. The van der Waals surface area contributed by atoms with Crippen LogP contribution >= 0.6 is 11.6 Å². The number of hydrazone groups is 1. The summed E-state index contributed by atoms with van der Waals surface area (Å²) in [5.41, 5.74) is 4.10. The van der Waals surface area contributed by atoms with Gasteiger partial charge in [0.2, 0.25) is 0 Å². The monoisotopic (exact) mass is 467 g/mol. The summed E-state index contributed by atoms with van der Waals surface area (Å²) in [6.45, 7) is 4.52.